The molecule has 0 aliphatic carbocycles. The van der Waals surface area contributed by atoms with E-state index in [9.17, 15) is 0 Å². The van der Waals surface area contributed by atoms with Gasteiger partial charge in [0.1, 0.15) is 11.5 Å². The molecule has 3 nitrogen and oxygen atoms in total. The minimum atomic E-state index is 0.751. The molecule has 0 bridgehead atoms. The molecule has 1 N–H and O–H groups in total. The van der Waals surface area contributed by atoms with Crippen LogP contribution < -0.4 is 9.47 Å². The van der Waals surface area contributed by atoms with Crippen LogP contribution in [0.25, 0.3) is 11.3 Å². The number of aryl methyl sites for hydroxylation is 1. The molecule has 1 heterocycles. The molecule has 0 spiro atoms. The van der Waals surface area contributed by atoms with Crippen LogP contribution in [-0.4, -0.2) is 19.2 Å². The molecule has 0 unspecified atom stereocenters. The topological polar surface area (TPSA) is 34.2 Å². The van der Waals surface area contributed by atoms with E-state index in [1.165, 1.54) is 11.3 Å². The standard InChI is InChI=1S/C12H13NO2S2/c1-7-4-11(15-3)8(5-10(7)14-2)9-6-17-12(16)13-9/h4-6H,1-3H3,(H,13,16). The van der Waals surface area contributed by atoms with E-state index < -0.39 is 0 Å². The highest BCUT2D eigenvalue weighted by Crippen LogP contribution is 2.35. The van der Waals surface area contributed by atoms with Gasteiger partial charge in [-0.3, -0.25) is 0 Å². The molecule has 0 amide bonds. The summed E-state index contributed by atoms with van der Waals surface area (Å²) in [6.45, 7) is 1.99. The summed E-state index contributed by atoms with van der Waals surface area (Å²) in [6, 6.07) is 3.92. The van der Waals surface area contributed by atoms with E-state index in [1.807, 2.05) is 24.4 Å². The van der Waals surface area contributed by atoms with Crippen molar-refractivity contribution in [3.63, 3.8) is 0 Å². The Labute approximate surface area is 109 Å². The highest BCUT2D eigenvalue weighted by Gasteiger charge is 2.11. The van der Waals surface area contributed by atoms with Gasteiger partial charge in [-0.25, -0.2) is 0 Å². The minimum Gasteiger partial charge on any atom is -0.496 e. The second-order valence-electron chi connectivity index (χ2n) is 3.58. The maximum Gasteiger partial charge on any atom is 0.158 e. The summed E-state index contributed by atoms with van der Waals surface area (Å²) in [5.41, 5.74) is 2.96. The van der Waals surface area contributed by atoms with E-state index >= 15 is 0 Å². The molecule has 1 aromatic carbocycles. The maximum atomic E-state index is 5.38. The van der Waals surface area contributed by atoms with Gasteiger partial charge in [0, 0.05) is 10.9 Å². The lowest BCUT2D eigenvalue weighted by Crippen LogP contribution is -1.93. The largest absolute Gasteiger partial charge is 0.496 e. The van der Waals surface area contributed by atoms with Crippen LogP contribution in [0.1, 0.15) is 5.56 Å². The fourth-order valence-electron chi connectivity index (χ4n) is 1.67. The summed E-state index contributed by atoms with van der Waals surface area (Å²) in [4.78, 5) is 3.14. The van der Waals surface area contributed by atoms with Crippen LogP contribution in [0.2, 0.25) is 0 Å². The third-order valence-corrected chi connectivity index (χ3v) is 3.59. The quantitative estimate of drug-likeness (QED) is 0.859. The van der Waals surface area contributed by atoms with Crippen molar-refractivity contribution in [3.05, 3.63) is 27.0 Å². The fourth-order valence-corrected chi connectivity index (χ4v) is 2.51. The van der Waals surface area contributed by atoms with Crippen LogP contribution in [0.4, 0.5) is 0 Å². The average Bonchev–Trinajstić information content (AvgIpc) is 2.75. The van der Waals surface area contributed by atoms with Gasteiger partial charge >= 0.3 is 0 Å². The van der Waals surface area contributed by atoms with Gasteiger partial charge in [0.05, 0.1) is 19.9 Å². The Morgan fingerprint density at radius 3 is 2.41 bits per heavy atom. The summed E-state index contributed by atoms with van der Waals surface area (Å²) >= 11 is 6.59. The van der Waals surface area contributed by atoms with Crippen molar-refractivity contribution < 1.29 is 9.47 Å². The summed E-state index contributed by atoms with van der Waals surface area (Å²) in [7, 11) is 3.32. The molecule has 0 fully saturated rings. The number of rotatable bonds is 3. The second kappa shape index (κ2) is 4.89. The molecule has 90 valence electrons. The molecule has 0 radical (unpaired) electrons. The Hall–Kier alpha value is -1.33. The molecule has 0 atom stereocenters. The Kier molecular flexibility index (Phi) is 3.49. The third-order valence-electron chi connectivity index (χ3n) is 2.53. The van der Waals surface area contributed by atoms with E-state index in [-0.39, 0.29) is 0 Å². The monoisotopic (exact) mass is 267 g/mol. The number of ether oxygens (including phenoxy) is 2. The predicted octanol–water partition coefficient (Wildman–Crippen LogP) is 3.80. The van der Waals surface area contributed by atoms with Crippen LogP contribution in [-0.2, 0) is 0 Å². The third kappa shape index (κ3) is 2.35. The molecule has 2 rings (SSSR count). The molecular weight excluding hydrogens is 254 g/mol. The van der Waals surface area contributed by atoms with Gasteiger partial charge in [-0.1, -0.05) is 0 Å². The Morgan fingerprint density at radius 2 is 1.88 bits per heavy atom. The van der Waals surface area contributed by atoms with Crippen LogP contribution in [0.15, 0.2) is 17.5 Å². The minimum absolute atomic E-state index is 0.751. The SMILES string of the molecule is COc1cc(-c2csc(=S)[nH]2)c(OC)cc1C. The number of hydrogen-bond donors (Lipinski definition) is 1. The van der Waals surface area contributed by atoms with Gasteiger partial charge in [0.2, 0.25) is 0 Å². The number of aromatic nitrogens is 1. The van der Waals surface area contributed by atoms with E-state index in [1.54, 1.807) is 14.2 Å². The molecule has 1 aromatic heterocycles. The lowest BCUT2D eigenvalue weighted by atomic mass is 10.1. The Morgan fingerprint density at radius 1 is 1.18 bits per heavy atom. The van der Waals surface area contributed by atoms with E-state index in [2.05, 4.69) is 4.98 Å². The van der Waals surface area contributed by atoms with Crippen LogP contribution >= 0.6 is 23.6 Å². The normalized spacial score (nSPS) is 10.3. The first-order chi connectivity index (χ1) is 8.15. The lowest BCUT2D eigenvalue weighted by molar-refractivity contribution is 0.401. The second-order valence-corrected chi connectivity index (χ2v) is 5.13. The Balaban J connectivity index is 2.62. The number of aromatic amines is 1. The summed E-state index contributed by atoms with van der Waals surface area (Å²) in [6.07, 6.45) is 0. The molecule has 0 saturated heterocycles. The van der Waals surface area contributed by atoms with Crippen molar-refractivity contribution in [1.29, 1.82) is 0 Å². The van der Waals surface area contributed by atoms with Crippen molar-refractivity contribution in [2.24, 2.45) is 0 Å². The zero-order chi connectivity index (χ0) is 12.4. The van der Waals surface area contributed by atoms with Gasteiger partial charge in [-0.05, 0) is 36.8 Å². The predicted molar refractivity (Wildman–Crippen MR) is 72.8 cm³/mol. The first-order valence-electron chi connectivity index (χ1n) is 5.06. The number of thiazole rings is 1. The molecule has 0 saturated carbocycles. The van der Waals surface area contributed by atoms with Crippen LogP contribution in [0.3, 0.4) is 0 Å². The van der Waals surface area contributed by atoms with Gasteiger partial charge < -0.3 is 14.5 Å². The average molecular weight is 267 g/mol. The first kappa shape index (κ1) is 12.1. The van der Waals surface area contributed by atoms with Crippen molar-refractivity contribution in [2.75, 3.05) is 14.2 Å². The van der Waals surface area contributed by atoms with Crippen LogP contribution in [0.5, 0.6) is 11.5 Å². The molecule has 0 aliphatic rings. The lowest BCUT2D eigenvalue weighted by Gasteiger charge is -2.11. The van der Waals surface area contributed by atoms with Crippen molar-refractivity contribution in [1.82, 2.24) is 4.98 Å². The maximum absolute atomic E-state index is 5.38. The number of methoxy groups -OCH3 is 2. The fraction of sp³-hybridized carbons (Fsp3) is 0.250. The zero-order valence-electron chi connectivity index (χ0n) is 9.87. The van der Waals surface area contributed by atoms with Crippen LogP contribution in [0, 0.1) is 10.9 Å². The number of H-pyrrole nitrogens is 1. The van der Waals surface area contributed by atoms with E-state index in [0.717, 1.165) is 32.3 Å². The number of hydrogen-bond acceptors (Lipinski definition) is 4. The van der Waals surface area contributed by atoms with E-state index in [0.29, 0.717) is 0 Å². The molecule has 5 heteroatoms. The summed E-state index contributed by atoms with van der Waals surface area (Å²) in [5, 5.41) is 1.98. The number of benzene rings is 1. The van der Waals surface area contributed by atoms with Crippen molar-refractivity contribution in [2.45, 2.75) is 6.92 Å². The summed E-state index contributed by atoms with van der Waals surface area (Å²) in [5.74, 6) is 1.65. The van der Waals surface area contributed by atoms with Gasteiger partial charge in [-0.15, -0.1) is 11.3 Å². The van der Waals surface area contributed by atoms with E-state index in [4.69, 9.17) is 21.7 Å². The van der Waals surface area contributed by atoms with Gasteiger partial charge in [0.15, 0.2) is 3.95 Å². The van der Waals surface area contributed by atoms with Gasteiger partial charge in [-0.2, -0.15) is 0 Å². The Bertz CT molecular complexity index is 586. The van der Waals surface area contributed by atoms with Gasteiger partial charge in [0.25, 0.3) is 0 Å². The smallest absolute Gasteiger partial charge is 0.158 e. The van der Waals surface area contributed by atoms with Crippen molar-refractivity contribution >= 4 is 23.6 Å². The molecule has 0 aliphatic heterocycles. The van der Waals surface area contributed by atoms with Crippen molar-refractivity contribution in [3.8, 4) is 22.8 Å². The summed E-state index contributed by atoms with van der Waals surface area (Å²) < 4.78 is 11.5. The highest BCUT2D eigenvalue weighted by molar-refractivity contribution is 7.73. The number of nitrogens with one attached hydrogen (secondary N) is 1. The molecular formula is C12H13NO2S2. The zero-order valence-corrected chi connectivity index (χ0v) is 11.5. The highest BCUT2D eigenvalue weighted by atomic mass is 32.1. The first-order valence-corrected chi connectivity index (χ1v) is 6.35. The molecule has 17 heavy (non-hydrogen) atoms. The molecule has 2 aromatic rings.